The maximum atomic E-state index is 11.3. The summed E-state index contributed by atoms with van der Waals surface area (Å²) >= 11 is 0. The van der Waals surface area contributed by atoms with E-state index in [1.807, 2.05) is 6.08 Å². The Morgan fingerprint density at radius 1 is 1.00 bits per heavy atom. The van der Waals surface area contributed by atoms with Gasteiger partial charge in [0.1, 0.15) is 0 Å². The van der Waals surface area contributed by atoms with Crippen LogP contribution in [-0.4, -0.2) is 13.8 Å². The maximum Gasteiger partial charge on any atom is 0.375 e. The fourth-order valence-electron chi connectivity index (χ4n) is 1.66. The number of hydrogen-bond donors (Lipinski definition) is 0. The van der Waals surface area contributed by atoms with E-state index in [-0.39, 0.29) is 0 Å². The zero-order chi connectivity index (χ0) is 13.7. The van der Waals surface area contributed by atoms with E-state index in [0.29, 0.717) is 0 Å². The molecule has 0 saturated heterocycles. The van der Waals surface area contributed by atoms with E-state index in [2.05, 4.69) is 6.92 Å². The molecule has 0 bridgehead atoms. The molecule has 0 amide bonds. The summed E-state index contributed by atoms with van der Waals surface area (Å²) in [5.41, 5.74) is 0. The van der Waals surface area contributed by atoms with E-state index in [0.717, 1.165) is 6.42 Å². The third-order valence-corrected chi connectivity index (χ3v) is 4.07. The van der Waals surface area contributed by atoms with Gasteiger partial charge in [0.2, 0.25) is 0 Å². The first-order valence-corrected chi connectivity index (χ1v) is 9.08. The number of allylic oxidation sites excluding steroid dienone is 1. The Kier molecular flexibility index (Phi) is 11.6. The topological polar surface area (TPSA) is 35.5 Å². The standard InChI is InChI=1S/C14H29O3P/c1-4-5-6-7-8-9-10-11-12-13-14-17-18(3,15)16-2/h13-14H,4-12H2,1-3H3. The second-order valence-electron chi connectivity index (χ2n) is 4.69. The molecule has 0 aromatic heterocycles. The number of hydrogen-bond acceptors (Lipinski definition) is 3. The average molecular weight is 276 g/mol. The highest BCUT2D eigenvalue weighted by molar-refractivity contribution is 7.53. The van der Waals surface area contributed by atoms with Crippen LogP contribution in [0.5, 0.6) is 0 Å². The molecule has 0 fully saturated rings. The van der Waals surface area contributed by atoms with Crippen molar-refractivity contribution in [3.05, 3.63) is 12.3 Å². The molecule has 0 aliphatic carbocycles. The van der Waals surface area contributed by atoms with Crippen molar-refractivity contribution >= 4 is 7.60 Å². The first kappa shape index (κ1) is 17.7. The lowest BCUT2D eigenvalue weighted by molar-refractivity contribution is 0.305. The predicted molar refractivity (Wildman–Crippen MR) is 78.0 cm³/mol. The quantitative estimate of drug-likeness (QED) is 0.267. The summed E-state index contributed by atoms with van der Waals surface area (Å²) in [6.45, 7) is 3.71. The molecular formula is C14H29O3P. The Morgan fingerprint density at radius 3 is 2.11 bits per heavy atom. The van der Waals surface area contributed by atoms with Crippen LogP contribution in [0.15, 0.2) is 12.3 Å². The Morgan fingerprint density at radius 2 is 1.56 bits per heavy atom. The van der Waals surface area contributed by atoms with Crippen LogP contribution in [0.25, 0.3) is 0 Å². The largest absolute Gasteiger partial charge is 0.433 e. The lowest BCUT2D eigenvalue weighted by Gasteiger charge is -2.07. The molecule has 0 aromatic rings. The SMILES string of the molecule is CCCCCCCCCCC=COP(C)(=O)OC. The third kappa shape index (κ3) is 12.2. The predicted octanol–water partition coefficient (Wildman–Crippen LogP) is 5.52. The summed E-state index contributed by atoms with van der Waals surface area (Å²) in [4.78, 5) is 0. The van der Waals surface area contributed by atoms with Crippen LogP contribution in [0.2, 0.25) is 0 Å². The normalized spacial score (nSPS) is 14.8. The van der Waals surface area contributed by atoms with Gasteiger partial charge in [-0.2, -0.15) is 0 Å². The van der Waals surface area contributed by atoms with E-state index in [1.165, 1.54) is 71.4 Å². The second-order valence-corrected chi connectivity index (χ2v) is 6.81. The van der Waals surface area contributed by atoms with Crippen molar-refractivity contribution in [1.29, 1.82) is 0 Å². The van der Waals surface area contributed by atoms with Gasteiger partial charge in [-0.25, -0.2) is 4.57 Å². The van der Waals surface area contributed by atoms with Crippen LogP contribution in [0.3, 0.4) is 0 Å². The minimum Gasteiger partial charge on any atom is -0.433 e. The summed E-state index contributed by atoms with van der Waals surface area (Å²) in [5, 5.41) is 0. The van der Waals surface area contributed by atoms with Gasteiger partial charge >= 0.3 is 7.60 Å². The molecule has 0 N–H and O–H groups in total. The summed E-state index contributed by atoms with van der Waals surface area (Å²) in [7, 11) is -1.44. The van der Waals surface area contributed by atoms with Crippen LogP contribution in [-0.2, 0) is 13.6 Å². The average Bonchev–Trinajstić information content (AvgIpc) is 2.36. The van der Waals surface area contributed by atoms with Gasteiger partial charge in [0.15, 0.2) is 0 Å². The fourth-order valence-corrected chi connectivity index (χ4v) is 2.05. The van der Waals surface area contributed by atoms with E-state index >= 15 is 0 Å². The minimum absolute atomic E-state index is 0.985. The molecule has 1 unspecified atom stereocenters. The molecule has 0 aliphatic rings. The third-order valence-electron chi connectivity index (χ3n) is 2.90. The number of rotatable bonds is 12. The van der Waals surface area contributed by atoms with Crippen LogP contribution in [0.4, 0.5) is 0 Å². The van der Waals surface area contributed by atoms with Gasteiger partial charge in [0, 0.05) is 13.8 Å². The lowest BCUT2D eigenvalue weighted by atomic mass is 10.1. The minimum atomic E-state index is -2.84. The molecule has 4 heteroatoms. The first-order chi connectivity index (χ1) is 8.62. The van der Waals surface area contributed by atoms with Crippen molar-refractivity contribution in [1.82, 2.24) is 0 Å². The van der Waals surface area contributed by atoms with E-state index in [9.17, 15) is 4.57 Å². The molecule has 0 aromatic carbocycles. The molecule has 108 valence electrons. The Labute approximate surface area is 112 Å². The van der Waals surface area contributed by atoms with Gasteiger partial charge in [-0.3, -0.25) is 0 Å². The molecule has 0 spiro atoms. The van der Waals surface area contributed by atoms with Crippen LogP contribution < -0.4 is 0 Å². The summed E-state index contributed by atoms with van der Waals surface area (Å²) in [6, 6.07) is 0. The highest BCUT2D eigenvalue weighted by Gasteiger charge is 2.11. The Balaban J connectivity index is 3.25. The van der Waals surface area contributed by atoms with Gasteiger partial charge in [-0.05, 0) is 18.9 Å². The number of unbranched alkanes of at least 4 members (excludes halogenated alkanes) is 8. The zero-order valence-corrected chi connectivity index (χ0v) is 13.1. The summed E-state index contributed by atoms with van der Waals surface area (Å²) in [6.07, 6.45) is 15.0. The van der Waals surface area contributed by atoms with Crippen molar-refractivity contribution < 1.29 is 13.6 Å². The smallest absolute Gasteiger partial charge is 0.375 e. The molecule has 3 nitrogen and oxygen atoms in total. The van der Waals surface area contributed by atoms with Crippen molar-refractivity contribution in [2.75, 3.05) is 13.8 Å². The molecule has 0 heterocycles. The monoisotopic (exact) mass is 276 g/mol. The molecular weight excluding hydrogens is 247 g/mol. The van der Waals surface area contributed by atoms with Gasteiger partial charge in [-0.15, -0.1) is 0 Å². The molecule has 0 radical (unpaired) electrons. The van der Waals surface area contributed by atoms with Crippen molar-refractivity contribution in [3.63, 3.8) is 0 Å². The zero-order valence-electron chi connectivity index (χ0n) is 12.2. The maximum absolute atomic E-state index is 11.3. The molecule has 0 rings (SSSR count). The molecule has 0 saturated carbocycles. The highest BCUT2D eigenvalue weighted by atomic mass is 31.2. The van der Waals surface area contributed by atoms with Crippen LogP contribution >= 0.6 is 7.60 Å². The molecule has 0 aliphatic heterocycles. The molecule has 1 atom stereocenters. The van der Waals surface area contributed by atoms with E-state index < -0.39 is 7.60 Å². The summed E-state index contributed by atoms with van der Waals surface area (Å²) < 4.78 is 21.1. The van der Waals surface area contributed by atoms with E-state index in [1.54, 1.807) is 0 Å². The highest BCUT2D eigenvalue weighted by Crippen LogP contribution is 2.42. The molecule has 18 heavy (non-hydrogen) atoms. The van der Waals surface area contributed by atoms with Crippen molar-refractivity contribution in [2.45, 2.75) is 64.7 Å². The van der Waals surface area contributed by atoms with Crippen molar-refractivity contribution in [2.24, 2.45) is 0 Å². The first-order valence-electron chi connectivity index (χ1n) is 7.09. The van der Waals surface area contributed by atoms with Gasteiger partial charge < -0.3 is 9.05 Å². The van der Waals surface area contributed by atoms with Crippen LogP contribution in [0, 0.1) is 0 Å². The van der Waals surface area contributed by atoms with Gasteiger partial charge in [0.25, 0.3) is 0 Å². The summed E-state index contributed by atoms with van der Waals surface area (Å²) in [5.74, 6) is 0. The van der Waals surface area contributed by atoms with Crippen LogP contribution in [0.1, 0.15) is 64.7 Å². The van der Waals surface area contributed by atoms with Gasteiger partial charge in [0.05, 0.1) is 6.26 Å². The lowest BCUT2D eigenvalue weighted by Crippen LogP contribution is -1.83. The Hall–Kier alpha value is -0.270. The fraction of sp³-hybridized carbons (Fsp3) is 0.857. The Bertz CT molecular complexity index is 251. The van der Waals surface area contributed by atoms with Crippen molar-refractivity contribution in [3.8, 4) is 0 Å². The second kappa shape index (κ2) is 11.8. The van der Waals surface area contributed by atoms with E-state index in [4.69, 9.17) is 9.05 Å². The van der Waals surface area contributed by atoms with Gasteiger partial charge in [-0.1, -0.05) is 51.9 Å².